The lowest BCUT2D eigenvalue weighted by atomic mass is 9.96. The van der Waals surface area contributed by atoms with Gasteiger partial charge in [-0.1, -0.05) is 6.08 Å². The standard InChI is InChI=1S/C18H16F3NO3/c19-18(20,21)11-7-8-15(16(9-11)25-14-5-2-6-14)17(24)22-12-3-1-4-13(23)10-12/h1,3,7-10,14H,2,4-6H2,(H,22,24). The molecule has 0 saturated heterocycles. The van der Waals surface area contributed by atoms with Gasteiger partial charge < -0.3 is 10.1 Å². The highest BCUT2D eigenvalue weighted by Gasteiger charge is 2.33. The number of halogens is 3. The number of benzene rings is 1. The Labute approximate surface area is 142 Å². The highest BCUT2D eigenvalue weighted by molar-refractivity contribution is 6.00. The minimum Gasteiger partial charge on any atom is -0.490 e. The number of ketones is 1. The first-order valence-corrected chi connectivity index (χ1v) is 7.93. The van der Waals surface area contributed by atoms with E-state index in [9.17, 15) is 22.8 Å². The van der Waals surface area contributed by atoms with Gasteiger partial charge in [0.1, 0.15) is 5.75 Å². The van der Waals surface area contributed by atoms with Gasteiger partial charge in [-0.25, -0.2) is 0 Å². The van der Waals surface area contributed by atoms with Gasteiger partial charge >= 0.3 is 6.18 Å². The molecule has 0 unspecified atom stereocenters. The predicted molar refractivity (Wildman–Crippen MR) is 84.0 cm³/mol. The molecule has 25 heavy (non-hydrogen) atoms. The molecule has 2 aliphatic rings. The number of ether oxygens (including phenoxy) is 1. The summed E-state index contributed by atoms with van der Waals surface area (Å²) in [5.41, 5.74) is -0.562. The second kappa shape index (κ2) is 6.74. The largest absolute Gasteiger partial charge is 0.490 e. The van der Waals surface area contributed by atoms with E-state index in [1.54, 1.807) is 12.2 Å². The third-order valence-corrected chi connectivity index (χ3v) is 4.09. The zero-order valence-corrected chi connectivity index (χ0v) is 13.2. The molecule has 132 valence electrons. The van der Waals surface area contributed by atoms with Crippen LogP contribution in [0.15, 0.2) is 42.1 Å². The lowest BCUT2D eigenvalue weighted by Crippen LogP contribution is -2.28. The van der Waals surface area contributed by atoms with Crippen molar-refractivity contribution in [3.8, 4) is 5.75 Å². The number of amides is 1. The Morgan fingerprint density at radius 3 is 2.60 bits per heavy atom. The SMILES string of the molecule is O=C1C=C(NC(=O)c2ccc(C(F)(F)F)cc2OC2CCC2)C=CC1. The number of alkyl halides is 3. The summed E-state index contributed by atoms with van der Waals surface area (Å²) < 4.78 is 44.4. The first kappa shape index (κ1) is 17.3. The average molecular weight is 351 g/mol. The number of rotatable bonds is 4. The number of allylic oxidation sites excluding steroid dienone is 3. The zero-order chi connectivity index (χ0) is 18.0. The summed E-state index contributed by atoms with van der Waals surface area (Å²) in [7, 11) is 0. The van der Waals surface area contributed by atoms with Gasteiger partial charge in [0.05, 0.1) is 17.2 Å². The molecule has 1 N–H and O–H groups in total. The lowest BCUT2D eigenvalue weighted by molar-refractivity contribution is -0.137. The minimum atomic E-state index is -4.52. The second-order valence-electron chi connectivity index (χ2n) is 6.01. The average Bonchev–Trinajstić information content (AvgIpc) is 2.50. The van der Waals surface area contributed by atoms with Gasteiger partial charge in [-0.2, -0.15) is 13.2 Å². The van der Waals surface area contributed by atoms with E-state index in [4.69, 9.17) is 4.74 Å². The summed E-state index contributed by atoms with van der Waals surface area (Å²) in [4.78, 5) is 23.8. The summed E-state index contributed by atoms with van der Waals surface area (Å²) in [5, 5.41) is 2.53. The summed E-state index contributed by atoms with van der Waals surface area (Å²) in [5.74, 6) is -0.867. The van der Waals surface area contributed by atoms with E-state index in [1.807, 2.05) is 0 Å². The predicted octanol–water partition coefficient (Wildman–Crippen LogP) is 3.78. The maximum atomic E-state index is 12.9. The van der Waals surface area contributed by atoms with Crippen LogP contribution in [0.25, 0.3) is 0 Å². The summed E-state index contributed by atoms with van der Waals surface area (Å²) >= 11 is 0. The monoisotopic (exact) mass is 351 g/mol. The highest BCUT2D eigenvalue weighted by atomic mass is 19.4. The van der Waals surface area contributed by atoms with E-state index in [0.29, 0.717) is 5.70 Å². The molecule has 1 amide bonds. The molecule has 0 heterocycles. The van der Waals surface area contributed by atoms with E-state index >= 15 is 0 Å². The molecular formula is C18H16F3NO3. The third kappa shape index (κ3) is 4.10. The van der Waals surface area contributed by atoms with Crippen LogP contribution >= 0.6 is 0 Å². The molecule has 0 radical (unpaired) electrons. The minimum absolute atomic E-state index is 0.00669. The summed E-state index contributed by atoms with van der Waals surface area (Å²) in [6, 6.07) is 2.79. The van der Waals surface area contributed by atoms with Gasteiger partial charge in [-0.3, -0.25) is 9.59 Å². The molecule has 0 aromatic heterocycles. The van der Waals surface area contributed by atoms with E-state index in [2.05, 4.69) is 5.32 Å². The van der Waals surface area contributed by atoms with E-state index in [-0.39, 0.29) is 29.6 Å². The first-order valence-electron chi connectivity index (χ1n) is 7.93. The van der Waals surface area contributed by atoms with Gasteiger partial charge in [-0.05, 0) is 43.5 Å². The Kier molecular flexibility index (Phi) is 4.65. The topological polar surface area (TPSA) is 55.4 Å². The maximum Gasteiger partial charge on any atom is 0.416 e. The van der Waals surface area contributed by atoms with Crippen LogP contribution in [0.3, 0.4) is 0 Å². The summed E-state index contributed by atoms with van der Waals surface area (Å²) in [6.07, 6.45) is 2.49. The molecule has 1 saturated carbocycles. The van der Waals surface area contributed by atoms with Crippen molar-refractivity contribution in [3.63, 3.8) is 0 Å². The summed E-state index contributed by atoms with van der Waals surface area (Å²) in [6.45, 7) is 0. The van der Waals surface area contributed by atoms with Crippen LogP contribution in [0.5, 0.6) is 5.75 Å². The lowest BCUT2D eigenvalue weighted by Gasteiger charge is -2.27. The van der Waals surface area contributed by atoms with Gasteiger partial charge in [0.25, 0.3) is 5.91 Å². The first-order chi connectivity index (χ1) is 11.8. The van der Waals surface area contributed by atoms with Crippen molar-refractivity contribution in [2.45, 2.75) is 38.0 Å². The van der Waals surface area contributed by atoms with Gasteiger partial charge in [-0.15, -0.1) is 0 Å². The smallest absolute Gasteiger partial charge is 0.416 e. The number of carbonyl (C=O) groups excluding carboxylic acids is 2. The molecule has 3 rings (SSSR count). The van der Waals surface area contributed by atoms with Crippen LogP contribution in [0, 0.1) is 0 Å². The molecule has 1 aromatic rings. The molecule has 0 aliphatic heterocycles. The van der Waals surface area contributed by atoms with Crippen LogP contribution in [0.1, 0.15) is 41.6 Å². The molecular weight excluding hydrogens is 335 g/mol. The molecule has 7 heteroatoms. The molecule has 1 aromatic carbocycles. The Bertz CT molecular complexity index is 761. The van der Waals surface area contributed by atoms with E-state index < -0.39 is 17.6 Å². The fourth-order valence-corrected chi connectivity index (χ4v) is 2.51. The fraction of sp³-hybridized carbons (Fsp3) is 0.333. The number of carbonyl (C=O) groups is 2. The van der Waals surface area contributed by atoms with Gasteiger partial charge in [0.15, 0.2) is 5.78 Å². The maximum absolute atomic E-state index is 12.9. The molecule has 0 bridgehead atoms. The van der Waals surface area contributed by atoms with Gasteiger partial charge in [0, 0.05) is 18.2 Å². The van der Waals surface area contributed by atoms with Crippen molar-refractivity contribution >= 4 is 11.7 Å². The Hall–Kier alpha value is -2.57. The Morgan fingerprint density at radius 1 is 1.24 bits per heavy atom. The molecule has 2 aliphatic carbocycles. The van der Waals surface area contributed by atoms with Crippen molar-refractivity contribution in [2.24, 2.45) is 0 Å². The van der Waals surface area contributed by atoms with Crippen LogP contribution in [0.2, 0.25) is 0 Å². The highest BCUT2D eigenvalue weighted by Crippen LogP contribution is 2.35. The van der Waals surface area contributed by atoms with Crippen LogP contribution in [-0.4, -0.2) is 17.8 Å². The second-order valence-corrected chi connectivity index (χ2v) is 6.01. The zero-order valence-electron chi connectivity index (χ0n) is 13.2. The molecule has 4 nitrogen and oxygen atoms in total. The van der Waals surface area contributed by atoms with E-state index in [1.165, 1.54) is 6.08 Å². The normalized spacial score (nSPS) is 17.7. The number of hydrogen-bond acceptors (Lipinski definition) is 3. The van der Waals surface area contributed by atoms with Crippen LogP contribution < -0.4 is 10.1 Å². The number of nitrogens with one attached hydrogen (secondary N) is 1. The third-order valence-electron chi connectivity index (χ3n) is 4.09. The molecule has 1 fully saturated rings. The van der Waals surface area contributed by atoms with Gasteiger partial charge in [0.2, 0.25) is 0 Å². The fourth-order valence-electron chi connectivity index (χ4n) is 2.51. The Morgan fingerprint density at radius 2 is 2.00 bits per heavy atom. The van der Waals surface area contributed by atoms with E-state index in [0.717, 1.165) is 37.5 Å². The van der Waals surface area contributed by atoms with Crippen LogP contribution in [0.4, 0.5) is 13.2 Å². The molecule has 0 atom stereocenters. The van der Waals surface area contributed by atoms with Crippen LogP contribution in [-0.2, 0) is 11.0 Å². The molecule has 0 spiro atoms. The quantitative estimate of drug-likeness (QED) is 0.898. The van der Waals surface area contributed by atoms with Crippen molar-refractivity contribution in [1.29, 1.82) is 0 Å². The van der Waals surface area contributed by atoms with Crippen molar-refractivity contribution in [1.82, 2.24) is 5.32 Å². The Balaban J connectivity index is 1.86. The van der Waals surface area contributed by atoms with Crippen molar-refractivity contribution in [2.75, 3.05) is 0 Å². The van der Waals surface area contributed by atoms with Crippen molar-refractivity contribution < 1.29 is 27.5 Å². The number of hydrogen-bond donors (Lipinski definition) is 1. The van der Waals surface area contributed by atoms with Crippen molar-refractivity contribution in [3.05, 3.63) is 53.3 Å².